The van der Waals surface area contributed by atoms with E-state index < -0.39 is 42.2 Å². The van der Waals surface area contributed by atoms with Gasteiger partial charge in [-0.05, 0) is 45.7 Å². The highest BCUT2D eigenvalue weighted by atomic mass is 16.5. The van der Waals surface area contributed by atoms with Gasteiger partial charge < -0.3 is 35.1 Å². The Morgan fingerprint density at radius 3 is 2.39 bits per heavy atom. The number of amides is 1. The molecule has 0 saturated carbocycles. The highest BCUT2D eigenvalue weighted by Crippen LogP contribution is 2.29. The number of fused-ring (bicyclic) bond motifs is 2. The second-order valence-electron chi connectivity index (χ2n) is 11.1. The van der Waals surface area contributed by atoms with E-state index in [0.29, 0.717) is 52.5 Å². The Bertz CT molecular complexity index is 1710. The number of aliphatic hydroxyl groups excluding tert-OH is 2. The first-order valence-corrected chi connectivity index (χ1v) is 15.5. The highest BCUT2D eigenvalue weighted by Gasteiger charge is 2.35. The van der Waals surface area contributed by atoms with Gasteiger partial charge in [0.05, 0.1) is 38.1 Å². The van der Waals surface area contributed by atoms with Crippen LogP contribution in [0.15, 0.2) is 76.5 Å². The van der Waals surface area contributed by atoms with E-state index in [0.717, 1.165) is 4.57 Å². The van der Waals surface area contributed by atoms with Gasteiger partial charge in [0.15, 0.2) is 0 Å². The Morgan fingerprint density at radius 1 is 1.00 bits per heavy atom. The number of rotatable bonds is 16. The molecule has 1 amide bonds. The topological polar surface area (TPSA) is 164 Å². The van der Waals surface area contributed by atoms with E-state index in [-0.39, 0.29) is 12.0 Å². The molecule has 46 heavy (non-hydrogen) atoms. The van der Waals surface area contributed by atoms with Crippen LogP contribution in [-0.4, -0.2) is 83.9 Å². The smallest absolute Gasteiger partial charge is 0.330 e. The van der Waals surface area contributed by atoms with Crippen LogP contribution in [0.1, 0.15) is 30.2 Å². The fourth-order valence-electron chi connectivity index (χ4n) is 5.45. The third-order valence-electron chi connectivity index (χ3n) is 7.84. The fourth-order valence-corrected chi connectivity index (χ4v) is 5.45. The van der Waals surface area contributed by atoms with Gasteiger partial charge in [0, 0.05) is 44.9 Å². The molecule has 0 bridgehead atoms. The minimum Gasteiger partial charge on any atom is -0.394 e. The number of nitrogens with zero attached hydrogens (tertiary/aromatic N) is 1. The maximum Gasteiger partial charge on any atom is 0.330 e. The predicted molar refractivity (Wildman–Crippen MR) is 174 cm³/mol. The molecule has 3 aromatic carbocycles. The summed E-state index contributed by atoms with van der Waals surface area (Å²) in [5, 5.41) is 30.1. The van der Waals surface area contributed by atoms with Gasteiger partial charge in [-0.2, -0.15) is 0 Å². The number of aliphatic hydroxyl groups is 2. The summed E-state index contributed by atoms with van der Waals surface area (Å²) in [6.45, 7) is 3.49. The number of benzene rings is 3. The van der Waals surface area contributed by atoms with E-state index in [1.54, 1.807) is 0 Å². The number of nitrogens with one attached hydrogen (secondary N) is 3. The molecule has 1 aromatic heterocycles. The average Bonchev–Trinajstić information content (AvgIpc) is 3.44. The van der Waals surface area contributed by atoms with Crippen molar-refractivity contribution in [2.24, 2.45) is 0 Å². The molecule has 1 saturated heterocycles. The predicted octanol–water partition coefficient (Wildman–Crippen LogP) is 1.83. The molecule has 5 N–H and O–H groups in total. The summed E-state index contributed by atoms with van der Waals surface area (Å²) in [6, 6.07) is 19.0. The van der Waals surface area contributed by atoms with Gasteiger partial charge in [0.25, 0.3) is 5.56 Å². The summed E-state index contributed by atoms with van der Waals surface area (Å²) >= 11 is 0. The van der Waals surface area contributed by atoms with Crippen LogP contribution in [0.25, 0.3) is 27.6 Å². The number of H-pyrrole nitrogens is 1. The van der Waals surface area contributed by atoms with Crippen molar-refractivity contribution < 1.29 is 29.2 Å². The van der Waals surface area contributed by atoms with Crippen molar-refractivity contribution in [2.75, 3.05) is 46.1 Å². The average molecular weight is 633 g/mol. The van der Waals surface area contributed by atoms with Gasteiger partial charge in [-0.1, -0.05) is 48.5 Å². The normalized spacial score (nSPS) is 18.2. The fraction of sp³-hybridized carbons (Fsp3) is 0.382. The van der Waals surface area contributed by atoms with Crippen LogP contribution < -0.4 is 21.9 Å². The number of carbonyl (C=O) groups excluding carboxylic acids is 1. The summed E-state index contributed by atoms with van der Waals surface area (Å²) in [5.74, 6) is -0.400. The second-order valence-corrected chi connectivity index (χ2v) is 11.1. The van der Waals surface area contributed by atoms with Gasteiger partial charge in [0.1, 0.15) is 12.3 Å². The van der Waals surface area contributed by atoms with E-state index in [1.807, 2.05) is 0 Å². The molecule has 3 atom stereocenters. The Kier molecular flexibility index (Phi) is 11.8. The molecule has 3 unspecified atom stereocenters. The molecule has 0 radical (unpaired) electrons. The molecular weight excluding hydrogens is 592 g/mol. The monoisotopic (exact) mass is 632 g/mol. The van der Waals surface area contributed by atoms with E-state index in [4.69, 9.17) is 14.2 Å². The molecular formula is C34H40N4O8. The molecule has 1 aliphatic heterocycles. The lowest BCUT2D eigenvalue weighted by molar-refractivity contribution is -0.116. The molecule has 1 fully saturated rings. The maximum absolute atomic E-state index is 12.2. The molecule has 4 aromatic rings. The lowest BCUT2D eigenvalue weighted by Crippen LogP contribution is -2.33. The van der Waals surface area contributed by atoms with Crippen molar-refractivity contribution in [1.82, 2.24) is 20.2 Å². The van der Waals surface area contributed by atoms with Crippen molar-refractivity contribution in [3.63, 3.8) is 0 Å². The zero-order valence-corrected chi connectivity index (χ0v) is 25.5. The van der Waals surface area contributed by atoms with Gasteiger partial charge in [-0.15, -0.1) is 0 Å². The zero-order chi connectivity index (χ0) is 32.3. The van der Waals surface area contributed by atoms with Crippen LogP contribution in [-0.2, 0) is 25.6 Å². The number of hydrogen-bond acceptors (Lipinski definition) is 9. The Labute approximate surface area is 265 Å². The molecule has 0 spiro atoms. The van der Waals surface area contributed by atoms with Crippen LogP contribution in [0.3, 0.4) is 0 Å². The third kappa shape index (κ3) is 8.55. The molecule has 244 valence electrons. The maximum atomic E-state index is 12.2. The van der Waals surface area contributed by atoms with E-state index >= 15 is 0 Å². The Hall–Kier alpha value is -4.17. The standard InChI is InChI=1S/C34H40N4O8/c39-21-30-29(40)19-32(46-30)38-20-25(33(42)37-34(38)43)10-11-31(41)36-12-5-15-44-16-13-35-14-17-45-22-28-26-8-3-1-6-23(26)18-24-7-2-4-9-27(24)28/h1-4,6-11,18,20,29-30,32,35,39-40H,5,12-17,19,21-22H2,(H,36,41)(H,37,42,43). The second kappa shape index (κ2) is 16.4. The van der Waals surface area contributed by atoms with Crippen molar-refractivity contribution in [3.8, 4) is 0 Å². The van der Waals surface area contributed by atoms with Crippen molar-refractivity contribution in [1.29, 1.82) is 0 Å². The van der Waals surface area contributed by atoms with Crippen LogP contribution in [0.2, 0.25) is 0 Å². The molecule has 12 nitrogen and oxygen atoms in total. The Morgan fingerprint density at radius 2 is 1.70 bits per heavy atom. The van der Waals surface area contributed by atoms with Crippen LogP contribution in [0, 0.1) is 0 Å². The van der Waals surface area contributed by atoms with Crippen molar-refractivity contribution in [2.45, 2.75) is 37.9 Å². The minimum atomic E-state index is -0.938. The quantitative estimate of drug-likeness (QED) is 0.0704. The summed E-state index contributed by atoms with van der Waals surface area (Å²) in [7, 11) is 0. The molecule has 5 rings (SSSR count). The van der Waals surface area contributed by atoms with E-state index in [1.165, 1.54) is 45.5 Å². The first-order valence-electron chi connectivity index (χ1n) is 15.5. The minimum absolute atomic E-state index is 0.0728. The lowest BCUT2D eigenvalue weighted by Gasteiger charge is -2.14. The lowest BCUT2D eigenvalue weighted by atomic mass is 9.97. The van der Waals surface area contributed by atoms with Crippen LogP contribution >= 0.6 is 0 Å². The molecule has 12 heteroatoms. The van der Waals surface area contributed by atoms with Gasteiger partial charge in [0.2, 0.25) is 5.91 Å². The number of carbonyl (C=O) groups is 1. The number of aromatic nitrogens is 2. The zero-order valence-electron chi connectivity index (χ0n) is 25.5. The first-order chi connectivity index (χ1) is 22.4. The van der Waals surface area contributed by atoms with E-state index in [9.17, 15) is 24.6 Å². The van der Waals surface area contributed by atoms with Crippen LogP contribution in [0.5, 0.6) is 0 Å². The summed E-state index contributed by atoms with van der Waals surface area (Å²) in [6.07, 6.45) is 1.86. The highest BCUT2D eigenvalue weighted by molar-refractivity contribution is 6.02. The summed E-state index contributed by atoms with van der Waals surface area (Å²) < 4.78 is 18.3. The van der Waals surface area contributed by atoms with Gasteiger partial charge >= 0.3 is 5.69 Å². The molecule has 1 aliphatic rings. The molecule has 2 heterocycles. The Balaban J connectivity index is 0.942. The molecule has 0 aliphatic carbocycles. The van der Waals surface area contributed by atoms with Gasteiger partial charge in [-0.3, -0.25) is 19.1 Å². The largest absolute Gasteiger partial charge is 0.394 e. The number of hydrogen-bond donors (Lipinski definition) is 5. The van der Waals surface area contributed by atoms with Crippen molar-refractivity contribution >= 4 is 33.5 Å². The van der Waals surface area contributed by atoms with Crippen LogP contribution in [0.4, 0.5) is 0 Å². The summed E-state index contributed by atoms with van der Waals surface area (Å²) in [5.41, 5.74) is -0.0948. The third-order valence-corrected chi connectivity index (χ3v) is 7.84. The summed E-state index contributed by atoms with van der Waals surface area (Å²) in [4.78, 5) is 38.8. The first kappa shape index (κ1) is 33.2. The number of aromatic amines is 1. The van der Waals surface area contributed by atoms with E-state index in [2.05, 4.69) is 70.2 Å². The number of ether oxygens (including phenoxy) is 3. The SMILES string of the molecule is O=C(C=Cc1cn(C2CC(O)C(CO)O2)c(=O)[nH]c1=O)NCCCOCCNCCOCc1c2ccccc2cc2ccccc12. The van der Waals surface area contributed by atoms with Gasteiger partial charge in [-0.25, -0.2) is 4.79 Å². The van der Waals surface area contributed by atoms with Crippen molar-refractivity contribution in [3.05, 3.63) is 98.8 Å².